The molecule has 2 aromatic carbocycles. The molecule has 5 heteroatoms. The molecule has 114 valence electrons. The minimum atomic E-state index is 0.572. The highest BCUT2D eigenvalue weighted by Gasteiger charge is 2.12. The fourth-order valence-corrected chi connectivity index (χ4v) is 2.46. The molecule has 0 amide bonds. The number of benzene rings is 2. The summed E-state index contributed by atoms with van der Waals surface area (Å²) in [7, 11) is 0. The SMILES string of the molecule is c1ccc(-c2cc(Nc3ccc4c(c3)OCCO4)ncn2)cc1. The Morgan fingerprint density at radius 3 is 2.52 bits per heavy atom. The molecule has 4 rings (SSSR count). The maximum absolute atomic E-state index is 5.60. The van der Waals surface area contributed by atoms with E-state index in [1.807, 2.05) is 54.6 Å². The van der Waals surface area contributed by atoms with E-state index in [1.165, 1.54) is 0 Å². The molecule has 0 aliphatic carbocycles. The molecule has 0 saturated carbocycles. The second-order valence-electron chi connectivity index (χ2n) is 5.14. The van der Waals surface area contributed by atoms with Crippen molar-refractivity contribution in [3.05, 3.63) is 60.9 Å². The molecule has 2 heterocycles. The molecule has 0 bridgehead atoms. The van der Waals surface area contributed by atoms with Gasteiger partial charge in [0.15, 0.2) is 11.5 Å². The minimum absolute atomic E-state index is 0.572. The fraction of sp³-hybridized carbons (Fsp3) is 0.111. The molecule has 23 heavy (non-hydrogen) atoms. The van der Waals surface area contributed by atoms with Crippen LogP contribution in [0.25, 0.3) is 11.3 Å². The second-order valence-corrected chi connectivity index (χ2v) is 5.14. The van der Waals surface area contributed by atoms with Gasteiger partial charge in [-0.05, 0) is 12.1 Å². The van der Waals surface area contributed by atoms with Crippen molar-refractivity contribution < 1.29 is 9.47 Å². The normalized spacial score (nSPS) is 12.7. The van der Waals surface area contributed by atoms with Crippen molar-refractivity contribution in [1.82, 2.24) is 9.97 Å². The molecule has 0 radical (unpaired) electrons. The number of nitrogens with one attached hydrogen (secondary N) is 1. The predicted octanol–water partition coefficient (Wildman–Crippen LogP) is 3.66. The molecule has 0 atom stereocenters. The Labute approximate surface area is 133 Å². The van der Waals surface area contributed by atoms with E-state index in [2.05, 4.69) is 15.3 Å². The number of fused-ring (bicyclic) bond motifs is 1. The van der Waals surface area contributed by atoms with Gasteiger partial charge in [0, 0.05) is 23.4 Å². The van der Waals surface area contributed by atoms with Crippen molar-refractivity contribution in [2.45, 2.75) is 0 Å². The number of aromatic nitrogens is 2. The lowest BCUT2D eigenvalue weighted by molar-refractivity contribution is 0.171. The predicted molar refractivity (Wildman–Crippen MR) is 88.2 cm³/mol. The van der Waals surface area contributed by atoms with E-state index in [9.17, 15) is 0 Å². The molecule has 3 aromatic rings. The van der Waals surface area contributed by atoms with Crippen LogP contribution in [0.3, 0.4) is 0 Å². The Morgan fingerprint density at radius 1 is 0.826 bits per heavy atom. The maximum Gasteiger partial charge on any atom is 0.163 e. The third-order valence-electron chi connectivity index (χ3n) is 3.55. The Kier molecular flexibility index (Phi) is 3.52. The minimum Gasteiger partial charge on any atom is -0.486 e. The summed E-state index contributed by atoms with van der Waals surface area (Å²) in [5.41, 5.74) is 2.83. The Balaban J connectivity index is 1.60. The molecule has 1 aliphatic heterocycles. The summed E-state index contributed by atoms with van der Waals surface area (Å²) in [6, 6.07) is 17.7. The van der Waals surface area contributed by atoms with E-state index in [0.717, 1.165) is 34.3 Å². The molecule has 0 saturated heterocycles. The van der Waals surface area contributed by atoms with E-state index in [0.29, 0.717) is 13.2 Å². The average Bonchev–Trinajstić information content (AvgIpc) is 2.63. The van der Waals surface area contributed by atoms with Gasteiger partial charge in [-0.1, -0.05) is 30.3 Å². The third-order valence-corrected chi connectivity index (χ3v) is 3.55. The smallest absolute Gasteiger partial charge is 0.163 e. The first-order chi connectivity index (χ1) is 11.4. The van der Waals surface area contributed by atoms with Crippen molar-refractivity contribution in [3.63, 3.8) is 0 Å². The summed E-state index contributed by atoms with van der Waals surface area (Å²) in [6.07, 6.45) is 1.56. The number of hydrogen-bond donors (Lipinski definition) is 1. The van der Waals surface area contributed by atoms with Gasteiger partial charge < -0.3 is 14.8 Å². The van der Waals surface area contributed by atoms with Crippen LogP contribution in [0.5, 0.6) is 11.5 Å². The van der Waals surface area contributed by atoms with E-state index in [-0.39, 0.29) is 0 Å². The lowest BCUT2D eigenvalue weighted by Crippen LogP contribution is -2.15. The van der Waals surface area contributed by atoms with Crippen LogP contribution in [0.2, 0.25) is 0 Å². The topological polar surface area (TPSA) is 56.3 Å². The fourth-order valence-electron chi connectivity index (χ4n) is 2.46. The molecule has 0 fully saturated rings. The van der Waals surface area contributed by atoms with Gasteiger partial charge in [-0.25, -0.2) is 9.97 Å². The summed E-state index contributed by atoms with van der Waals surface area (Å²) in [6.45, 7) is 1.16. The second kappa shape index (κ2) is 5.96. The van der Waals surface area contributed by atoms with E-state index in [1.54, 1.807) is 6.33 Å². The van der Waals surface area contributed by atoms with Crippen LogP contribution < -0.4 is 14.8 Å². The molecule has 0 spiro atoms. The van der Waals surface area contributed by atoms with Crippen LogP contribution in [-0.2, 0) is 0 Å². The summed E-state index contributed by atoms with van der Waals surface area (Å²) in [5.74, 6) is 2.25. The van der Waals surface area contributed by atoms with Gasteiger partial charge in [-0.3, -0.25) is 0 Å². The summed E-state index contributed by atoms with van der Waals surface area (Å²) >= 11 is 0. The zero-order valence-corrected chi connectivity index (χ0v) is 12.4. The van der Waals surface area contributed by atoms with Gasteiger partial charge in [0.05, 0.1) is 5.69 Å². The summed E-state index contributed by atoms with van der Waals surface area (Å²) in [5, 5.41) is 3.28. The quantitative estimate of drug-likeness (QED) is 0.800. The van der Waals surface area contributed by atoms with Gasteiger partial charge in [0.1, 0.15) is 25.4 Å². The Hall–Kier alpha value is -3.08. The van der Waals surface area contributed by atoms with Crippen molar-refractivity contribution in [2.75, 3.05) is 18.5 Å². The maximum atomic E-state index is 5.60. The van der Waals surface area contributed by atoms with Gasteiger partial charge in [-0.15, -0.1) is 0 Å². The Bertz CT molecular complexity index is 822. The van der Waals surface area contributed by atoms with Crippen molar-refractivity contribution >= 4 is 11.5 Å². The number of anilines is 2. The molecular weight excluding hydrogens is 290 g/mol. The number of nitrogens with zero attached hydrogens (tertiary/aromatic N) is 2. The van der Waals surface area contributed by atoms with Crippen molar-refractivity contribution in [2.24, 2.45) is 0 Å². The highest BCUT2D eigenvalue weighted by atomic mass is 16.6. The molecule has 5 nitrogen and oxygen atoms in total. The van der Waals surface area contributed by atoms with Gasteiger partial charge >= 0.3 is 0 Å². The van der Waals surface area contributed by atoms with E-state index < -0.39 is 0 Å². The van der Waals surface area contributed by atoms with E-state index >= 15 is 0 Å². The van der Waals surface area contributed by atoms with Crippen LogP contribution >= 0.6 is 0 Å². The molecule has 0 unspecified atom stereocenters. The van der Waals surface area contributed by atoms with Crippen molar-refractivity contribution in [3.8, 4) is 22.8 Å². The molecular formula is C18H15N3O2. The van der Waals surface area contributed by atoms with Gasteiger partial charge in [0.2, 0.25) is 0 Å². The molecule has 1 aromatic heterocycles. The van der Waals surface area contributed by atoms with Crippen LogP contribution in [0.15, 0.2) is 60.9 Å². The first-order valence-corrected chi connectivity index (χ1v) is 7.43. The average molecular weight is 305 g/mol. The van der Waals surface area contributed by atoms with Gasteiger partial charge in [0.25, 0.3) is 0 Å². The first-order valence-electron chi connectivity index (χ1n) is 7.43. The molecule has 1 aliphatic rings. The van der Waals surface area contributed by atoms with Crippen LogP contribution in [0.1, 0.15) is 0 Å². The van der Waals surface area contributed by atoms with Gasteiger partial charge in [-0.2, -0.15) is 0 Å². The number of ether oxygens (including phenoxy) is 2. The van der Waals surface area contributed by atoms with Crippen molar-refractivity contribution in [1.29, 1.82) is 0 Å². The van der Waals surface area contributed by atoms with Crippen LogP contribution in [0, 0.1) is 0 Å². The molecule has 1 N–H and O–H groups in total. The van der Waals surface area contributed by atoms with Crippen LogP contribution in [-0.4, -0.2) is 23.2 Å². The highest BCUT2D eigenvalue weighted by Crippen LogP contribution is 2.33. The Morgan fingerprint density at radius 2 is 1.65 bits per heavy atom. The highest BCUT2D eigenvalue weighted by molar-refractivity contribution is 5.66. The zero-order valence-electron chi connectivity index (χ0n) is 12.4. The third kappa shape index (κ3) is 2.94. The lowest BCUT2D eigenvalue weighted by Gasteiger charge is -2.19. The monoisotopic (exact) mass is 305 g/mol. The standard InChI is InChI=1S/C18H15N3O2/c1-2-4-13(5-3-1)15-11-18(20-12-19-15)21-14-6-7-16-17(10-14)23-9-8-22-16/h1-7,10-12H,8-9H2,(H,19,20,21). The number of hydrogen-bond acceptors (Lipinski definition) is 5. The first kappa shape index (κ1) is 13.6. The summed E-state index contributed by atoms with van der Waals surface area (Å²) < 4.78 is 11.1. The lowest BCUT2D eigenvalue weighted by atomic mass is 10.1. The zero-order chi connectivity index (χ0) is 15.5. The van der Waals surface area contributed by atoms with E-state index in [4.69, 9.17) is 9.47 Å². The number of rotatable bonds is 3. The largest absolute Gasteiger partial charge is 0.486 e. The summed E-state index contributed by atoms with van der Waals surface area (Å²) in [4.78, 5) is 8.60. The van der Waals surface area contributed by atoms with Crippen LogP contribution in [0.4, 0.5) is 11.5 Å².